The van der Waals surface area contributed by atoms with Gasteiger partial charge in [-0.2, -0.15) is 0 Å². The van der Waals surface area contributed by atoms with Crippen LogP contribution in [0.4, 0.5) is 0 Å². The minimum Gasteiger partial charge on any atom is -0.458 e. The predicted octanol–water partition coefficient (Wildman–Crippen LogP) is 16.5. The fourth-order valence-corrected chi connectivity index (χ4v) is 8.87. The van der Waals surface area contributed by atoms with Gasteiger partial charge in [-0.1, -0.05) is 148 Å². The molecule has 0 radical (unpaired) electrons. The maximum absolute atomic E-state index is 12.6. The van der Waals surface area contributed by atoms with E-state index >= 15 is 0 Å². The molecule has 0 heterocycles. The van der Waals surface area contributed by atoms with Gasteiger partial charge >= 0.3 is 29.8 Å². The highest BCUT2D eigenvalue weighted by atomic mass is 16.6. The van der Waals surface area contributed by atoms with Crippen molar-refractivity contribution in [2.75, 3.05) is 0 Å². The number of rotatable bonds is 19. The van der Waals surface area contributed by atoms with E-state index in [9.17, 15) is 24.0 Å². The standard InChI is InChI=1S/C28H28O4.C22H24O4.C19H26O2/c1-5-19(3)17-22-9-14-25(15-10-22)31-28(30)24-13-16-26(20(4)18-24)32-27(29)23-11-7-21(6-2)8-12-23;1-5-15(3)13-17-7-10-19(11-8-17)25-22(24)18-9-12-20(16(4)14-18)26-21(23)6-2;1-5-15-7-9-16(10-8-15)19(20)21-18-12-14(4)6-11-17(18)13(2)3/h6-16,18-19H,2,5,17H2,1,3-4H3;6-12,14-15H,2,5,13H2,1,3-4H3;5,7-10,13-14,17-18H,1,6,11-12H2,2-4H3. The van der Waals surface area contributed by atoms with Crippen molar-refractivity contribution < 1.29 is 47.7 Å². The minimum absolute atomic E-state index is 0.0559. The lowest BCUT2D eigenvalue weighted by Crippen LogP contribution is -2.35. The lowest BCUT2D eigenvalue weighted by molar-refractivity contribution is -0.129. The summed E-state index contributed by atoms with van der Waals surface area (Å²) in [5, 5.41) is 0. The predicted molar refractivity (Wildman–Crippen MR) is 316 cm³/mol. The molecule has 7 rings (SSSR count). The highest BCUT2D eigenvalue weighted by molar-refractivity contribution is 5.94. The molecule has 1 aliphatic carbocycles. The molecular formula is C69H78O10. The van der Waals surface area contributed by atoms with Gasteiger partial charge in [-0.05, 0) is 187 Å². The summed E-state index contributed by atoms with van der Waals surface area (Å²) in [6.07, 6.45) is 12.3. The summed E-state index contributed by atoms with van der Waals surface area (Å²) < 4.78 is 27.3. The lowest BCUT2D eigenvalue weighted by atomic mass is 9.75. The Morgan fingerprint density at radius 3 is 1.32 bits per heavy atom. The number of ether oxygens (including phenoxy) is 5. The monoisotopic (exact) mass is 1070 g/mol. The van der Waals surface area contributed by atoms with E-state index in [1.54, 1.807) is 86.7 Å². The van der Waals surface area contributed by atoms with E-state index in [1.165, 1.54) is 17.5 Å². The Morgan fingerprint density at radius 1 is 0.519 bits per heavy atom. The van der Waals surface area contributed by atoms with Gasteiger partial charge in [0.05, 0.1) is 22.3 Å². The molecule has 6 aromatic rings. The second kappa shape index (κ2) is 30.7. The van der Waals surface area contributed by atoms with E-state index in [1.807, 2.05) is 72.8 Å². The number of hydrogen-bond donors (Lipinski definition) is 0. The van der Waals surface area contributed by atoms with E-state index in [0.29, 0.717) is 86.0 Å². The fraction of sp³-hybridized carbons (Fsp3) is 0.319. The van der Waals surface area contributed by atoms with Crippen LogP contribution in [0.1, 0.15) is 155 Å². The molecule has 0 aliphatic heterocycles. The van der Waals surface area contributed by atoms with E-state index in [2.05, 4.69) is 68.2 Å². The third-order valence-corrected chi connectivity index (χ3v) is 14.2. The van der Waals surface area contributed by atoms with Gasteiger partial charge in [-0.25, -0.2) is 24.0 Å². The van der Waals surface area contributed by atoms with Crippen LogP contribution in [-0.2, 0) is 22.4 Å². The smallest absolute Gasteiger partial charge is 0.343 e. The minimum atomic E-state index is -0.541. The number of benzene rings is 6. The average Bonchev–Trinajstić information content (AvgIpc) is 3.46. The van der Waals surface area contributed by atoms with Gasteiger partial charge in [-0.15, -0.1) is 0 Å². The van der Waals surface area contributed by atoms with Crippen LogP contribution in [0.15, 0.2) is 159 Å². The molecule has 5 atom stereocenters. The summed E-state index contributed by atoms with van der Waals surface area (Å²) >= 11 is 0. The normalized spacial score (nSPS) is 15.2. The third kappa shape index (κ3) is 19.4. The summed E-state index contributed by atoms with van der Waals surface area (Å²) in [4.78, 5) is 60.9. The van der Waals surface area contributed by atoms with Crippen molar-refractivity contribution in [1.82, 2.24) is 0 Å². The topological polar surface area (TPSA) is 132 Å². The van der Waals surface area contributed by atoms with Crippen molar-refractivity contribution in [3.05, 3.63) is 215 Å². The fourth-order valence-electron chi connectivity index (χ4n) is 8.87. The molecule has 0 amide bonds. The Balaban J connectivity index is 0.000000223. The first-order valence-electron chi connectivity index (χ1n) is 27.4. The Hall–Kier alpha value is -8.11. The summed E-state index contributed by atoms with van der Waals surface area (Å²) in [6, 6.07) is 39.2. The highest BCUT2D eigenvalue weighted by Crippen LogP contribution is 2.36. The van der Waals surface area contributed by atoms with Gasteiger partial charge in [0.15, 0.2) is 0 Å². The molecule has 0 saturated heterocycles. The Morgan fingerprint density at radius 2 is 0.924 bits per heavy atom. The summed E-state index contributed by atoms with van der Waals surface area (Å²) in [6.45, 7) is 29.8. The second-order valence-corrected chi connectivity index (χ2v) is 20.9. The lowest BCUT2D eigenvalue weighted by Gasteiger charge is -2.36. The zero-order valence-corrected chi connectivity index (χ0v) is 47.6. The molecule has 0 spiro atoms. The number of aryl methyl sites for hydroxylation is 2. The van der Waals surface area contributed by atoms with Crippen molar-refractivity contribution in [2.45, 2.75) is 113 Å². The molecule has 0 bridgehead atoms. The first-order chi connectivity index (χ1) is 37.8. The summed E-state index contributed by atoms with van der Waals surface area (Å²) in [5.74, 6) is 2.59. The molecule has 0 aromatic heterocycles. The Labute approximate surface area is 468 Å². The van der Waals surface area contributed by atoms with Crippen molar-refractivity contribution >= 4 is 42.0 Å². The zero-order chi connectivity index (χ0) is 57.6. The van der Waals surface area contributed by atoms with Crippen LogP contribution >= 0.6 is 0 Å². The van der Waals surface area contributed by atoms with E-state index in [-0.39, 0.29) is 12.1 Å². The van der Waals surface area contributed by atoms with Crippen LogP contribution in [0.5, 0.6) is 23.0 Å². The van der Waals surface area contributed by atoms with Crippen LogP contribution in [0.2, 0.25) is 0 Å². The number of hydrogen-bond acceptors (Lipinski definition) is 10. The van der Waals surface area contributed by atoms with E-state index < -0.39 is 23.9 Å². The molecule has 1 aliphatic rings. The quantitative estimate of drug-likeness (QED) is 0.0439. The van der Waals surface area contributed by atoms with Gasteiger partial charge in [0.1, 0.15) is 29.1 Å². The van der Waals surface area contributed by atoms with Gasteiger partial charge < -0.3 is 23.7 Å². The Bertz CT molecular complexity index is 3000. The van der Waals surface area contributed by atoms with E-state index in [4.69, 9.17) is 23.7 Å². The van der Waals surface area contributed by atoms with Gasteiger partial charge in [0.2, 0.25) is 0 Å². The molecule has 10 nitrogen and oxygen atoms in total. The van der Waals surface area contributed by atoms with Crippen molar-refractivity contribution in [1.29, 1.82) is 0 Å². The van der Waals surface area contributed by atoms with Crippen LogP contribution in [0.3, 0.4) is 0 Å². The maximum atomic E-state index is 12.6. The van der Waals surface area contributed by atoms with Crippen molar-refractivity contribution in [3.8, 4) is 23.0 Å². The molecule has 5 unspecified atom stereocenters. The van der Waals surface area contributed by atoms with Gasteiger partial charge in [0.25, 0.3) is 0 Å². The van der Waals surface area contributed by atoms with Crippen LogP contribution in [-0.4, -0.2) is 36.0 Å². The number of carbonyl (C=O) groups is 5. The van der Waals surface area contributed by atoms with Crippen LogP contribution in [0.25, 0.3) is 12.2 Å². The third-order valence-electron chi connectivity index (χ3n) is 14.2. The summed E-state index contributed by atoms with van der Waals surface area (Å²) in [7, 11) is 0. The Kier molecular flexibility index (Phi) is 24.0. The SMILES string of the molecule is C=CC(=O)Oc1ccc(C(=O)Oc2ccc(CC(C)CC)cc2)cc1C.C=Cc1ccc(C(=O)OC2CC(C)CCC2C(C)C)cc1.C=Cc1ccc(C(=O)Oc2ccc(C(=O)Oc3ccc(CC(C)CC)cc3)cc2C)cc1. The molecule has 414 valence electrons. The molecule has 0 N–H and O–H groups in total. The molecular weight excluding hydrogens is 989 g/mol. The largest absolute Gasteiger partial charge is 0.458 e. The van der Waals surface area contributed by atoms with Crippen LogP contribution < -0.4 is 18.9 Å². The van der Waals surface area contributed by atoms with Crippen molar-refractivity contribution in [2.24, 2.45) is 29.6 Å². The maximum Gasteiger partial charge on any atom is 0.343 e. The highest BCUT2D eigenvalue weighted by Gasteiger charge is 2.33. The number of carbonyl (C=O) groups excluding carboxylic acids is 5. The van der Waals surface area contributed by atoms with Gasteiger partial charge in [0, 0.05) is 6.08 Å². The molecule has 1 saturated carbocycles. The first-order valence-corrected chi connectivity index (χ1v) is 27.4. The second-order valence-electron chi connectivity index (χ2n) is 20.9. The summed E-state index contributed by atoms with van der Waals surface area (Å²) in [5.41, 5.74) is 7.56. The van der Waals surface area contributed by atoms with Crippen LogP contribution in [0, 0.1) is 43.4 Å². The van der Waals surface area contributed by atoms with Gasteiger partial charge in [-0.3, -0.25) is 0 Å². The molecule has 6 aromatic carbocycles. The molecule has 10 heteroatoms. The molecule has 1 fully saturated rings. The zero-order valence-electron chi connectivity index (χ0n) is 47.6. The average molecular weight is 1070 g/mol. The first kappa shape index (κ1) is 61.7. The van der Waals surface area contributed by atoms with E-state index in [0.717, 1.165) is 55.7 Å². The molecule has 79 heavy (non-hydrogen) atoms. The number of esters is 5. The van der Waals surface area contributed by atoms with Crippen molar-refractivity contribution in [3.63, 3.8) is 0 Å².